The van der Waals surface area contributed by atoms with Gasteiger partial charge in [-0.2, -0.15) is 0 Å². The highest BCUT2D eigenvalue weighted by Crippen LogP contribution is 2.22. The fourth-order valence-corrected chi connectivity index (χ4v) is 3.29. The van der Waals surface area contributed by atoms with Crippen LogP contribution in [0.15, 0.2) is 91.1 Å². The lowest BCUT2D eigenvalue weighted by Gasteiger charge is -2.20. The Morgan fingerprint density at radius 3 is 2.23 bits per heavy atom. The normalized spacial score (nSPS) is 11.6. The SMILES string of the molecule is Cc1ccc(C(NC(=O)C(=O)Nc2cnc3ccccc3c2)c2ccccc2)cc1. The molecule has 1 atom stereocenters. The van der Waals surface area contributed by atoms with Crippen molar-refractivity contribution in [2.75, 3.05) is 5.32 Å². The van der Waals surface area contributed by atoms with Crippen LogP contribution in [0.2, 0.25) is 0 Å². The van der Waals surface area contributed by atoms with E-state index in [0.29, 0.717) is 5.69 Å². The summed E-state index contributed by atoms with van der Waals surface area (Å²) in [7, 11) is 0. The van der Waals surface area contributed by atoms with E-state index < -0.39 is 17.9 Å². The summed E-state index contributed by atoms with van der Waals surface area (Å²) < 4.78 is 0. The molecule has 5 heteroatoms. The molecule has 0 aliphatic rings. The van der Waals surface area contributed by atoms with Crippen LogP contribution < -0.4 is 10.6 Å². The molecule has 0 bridgehead atoms. The number of benzene rings is 3. The second-order valence-electron chi connectivity index (χ2n) is 7.10. The molecule has 2 N–H and O–H groups in total. The first-order valence-corrected chi connectivity index (χ1v) is 9.68. The molecule has 0 aliphatic heterocycles. The van der Waals surface area contributed by atoms with Crippen LogP contribution >= 0.6 is 0 Å². The number of hydrogen-bond donors (Lipinski definition) is 2. The molecule has 1 aromatic heterocycles. The Morgan fingerprint density at radius 1 is 0.800 bits per heavy atom. The molecular formula is C25H21N3O2. The number of carbonyl (C=O) groups excluding carboxylic acids is 2. The van der Waals surface area contributed by atoms with Crippen LogP contribution in [0.4, 0.5) is 5.69 Å². The first kappa shape index (κ1) is 19.3. The van der Waals surface area contributed by atoms with Crippen molar-refractivity contribution in [1.82, 2.24) is 10.3 Å². The topological polar surface area (TPSA) is 71.1 Å². The summed E-state index contributed by atoms with van der Waals surface area (Å²) in [5.41, 5.74) is 4.22. The van der Waals surface area contributed by atoms with Crippen LogP contribution in [0, 0.1) is 6.92 Å². The molecule has 30 heavy (non-hydrogen) atoms. The van der Waals surface area contributed by atoms with Gasteiger partial charge in [0.25, 0.3) is 0 Å². The summed E-state index contributed by atoms with van der Waals surface area (Å²) in [6.45, 7) is 2.00. The van der Waals surface area contributed by atoms with Gasteiger partial charge in [-0.15, -0.1) is 0 Å². The zero-order valence-electron chi connectivity index (χ0n) is 16.5. The highest BCUT2D eigenvalue weighted by molar-refractivity contribution is 6.39. The Labute approximate surface area is 174 Å². The quantitative estimate of drug-likeness (QED) is 0.504. The second-order valence-corrected chi connectivity index (χ2v) is 7.10. The van der Waals surface area contributed by atoms with Crippen molar-refractivity contribution in [1.29, 1.82) is 0 Å². The van der Waals surface area contributed by atoms with E-state index in [9.17, 15) is 9.59 Å². The van der Waals surface area contributed by atoms with Crippen LogP contribution in [0.25, 0.3) is 10.9 Å². The number of nitrogens with one attached hydrogen (secondary N) is 2. The van der Waals surface area contributed by atoms with Gasteiger partial charge in [0.15, 0.2) is 0 Å². The maximum atomic E-state index is 12.7. The number of hydrogen-bond acceptors (Lipinski definition) is 3. The highest BCUT2D eigenvalue weighted by Gasteiger charge is 2.21. The van der Waals surface area contributed by atoms with Crippen LogP contribution in [0.3, 0.4) is 0 Å². The summed E-state index contributed by atoms with van der Waals surface area (Å²) >= 11 is 0. The number of carbonyl (C=O) groups is 2. The second kappa shape index (κ2) is 8.57. The van der Waals surface area contributed by atoms with Gasteiger partial charge in [0.05, 0.1) is 23.4 Å². The van der Waals surface area contributed by atoms with Crippen molar-refractivity contribution in [2.45, 2.75) is 13.0 Å². The van der Waals surface area contributed by atoms with E-state index in [-0.39, 0.29) is 0 Å². The summed E-state index contributed by atoms with van der Waals surface area (Å²) in [5, 5.41) is 6.38. The molecular weight excluding hydrogens is 374 g/mol. The molecule has 148 valence electrons. The predicted molar refractivity (Wildman–Crippen MR) is 118 cm³/mol. The first-order chi connectivity index (χ1) is 14.6. The lowest BCUT2D eigenvalue weighted by atomic mass is 9.98. The summed E-state index contributed by atoms with van der Waals surface area (Å²) in [4.78, 5) is 29.6. The molecule has 3 aromatic carbocycles. The summed E-state index contributed by atoms with van der Waals surface area (Å²) in [5.74, 6) is -1.45. The van der Waals surface area contributed by atoms with Gasteiger partial charge in [0.2, 0.25) is 0 Å². The van der Waals surface area contributed by atoms with Gasteiger partial charge < -0.3 is 10.6 Å². The van der Waals surface area contributed by atoms with Gasteiger partial charge in [-0.25, -0.2) is 0 Å². The van der Waals surface area contributed by atoms with E-state index in [1.807, 2.05) is 85.8 Å². The van der Waals surface area contributed by atoms with Crippen molar-refractivity contribution in [2.24, 2.45) is 0 Å². The Balaban J connectivity index is 1.53. The van der Waals surface area contributed by atoms with Crippen LogP contribution in [-0.4, -0.2) is 16.8 Å². The monoisotopic (exact) mass is 395 g/mol. The van der Waals surface area contributed by atoms with Crippen LogP contribution in [0.5, 0.6) is 0 Å². The third kappa shape index (κ3) is 4.36. The number of aromatic nitrogens is 1. The lowest BCUT2D eigenvalue weighted by molar-refractivity contribution is -0.136. The number of pyridine rings is 1. The largest absolute Gasteiger partial charge is 0.337 e. The maximum absolute atomic E-state index is 12.7. The third-order valence-electron chi connectivity index (χ3n) is 4.87. The van der Waals surface area contributed by atoms with E-state index in [1.165, 1.54) is 0 Å². The fraction of sp³-hybridized carbons (Fsp3) is 0.0800. The van der Waals surface area contributed by atoms with E-state index in [4.69, 9.17) is 0 Å². The number of amides is 2. The highest BCUT2D eigenvalue weighted by atomic mass is 16.2. The number of aryl methyl sites for hydroxylation is 1. The summed E-state index contributed by atoms with van der Waals surface area (Å²) in [6.07, 6.45) is 1.54. The Morgan fingerprint density at radius 2 is 1.47 bits per heavy atom. The van der Waals surface area contributed by atoms with Crippen LogP contribution in [-0.2, 0) is 9.59 Å². The standard InChI is InChI=1S/C25H21N3O2/c1-17-11-13-19(14-12-17)23(18-7-3-2-4-8-18)28-25(30)24(29)27-21-15-20-9-5-6-10-22(20)26-16-21/h2-16,23H,1H3,(H,27,29)(H,28,30). The first-order valence-electron chi connectivity index (χ1n) is 9.68. The predicted octanol–water partition coefficient (Wildman–Crippen LogP) is 4.39. The maximum Gasteiger partial charge on any atom is 0.313 e. The van der Waals surface area contributed by atoms with Crippen molar-refractivity contribution in [3.8, 4) is 0 Å². The minimum atomic E-state index is -0.736. The van der Waals surface area contributed by atoms with E-state index in [0.717, 1.165) is 27.6 Å². The number of nitrogens with zero attached hydrogens (tertiary/aromatic N) is 1. The molecule has 5 nitrogen and oxygen atoms in total. The molecule has 0 radical (unpaired) electrons. The van der Waals surface area contributed by atoms with Gasteiger partial charge in [-0.05, 0) is 30.2 Å². The minimum Gasteiger partial charge on any atom is -0.337 e. The Hall–Kier alpha value is -3.99. The van der Waals surface area contributed by atoms with Crippen molar-refractivity contribution < 1.29 is 9.59 Å². The molecule has 0 fully saturated rings. The zero-order chi connectivity index (χ0) is 20.9. The van der Waals surface area contributed by atoms with Gasteiger partial charge in [-0.3, -0.25) is 14.6 Å². The average molecular weight is 395 g/mol. The molecule has 0 saturated carbocycles. The van der Waals surface area contributed by atoms with Crippen LogP contribution in [0.1, 0.15) is 22.7 Å². The van der Waals surface area contributed by atoms with E-state index in [1.54, 1.807) is 12.3 Å². The Kier molecular flexibility index (Phi) is 5.52. The van der Waals surface area contributed by atoms with Crippen molar-refractivity contribution in [3.63, 3.8) is 0 Å². The third-order valence-corrected chi connectivity index (χ3v) is 4.87. The van der Waals surface area contributed by atoms with Crippen molar-refractivity contribution >= 4 is 28.4 Å². The molecule has 0 saturated heterocycles. The summed E-state index contributed by atoms with van der Waals surface area (Å²) in [6, 6.07) is 26.4. The van der Waals surface area contributed by atoms with Gasteiger partial charge in [0.1, 0.15) is 0 Å². The van der Waals surface area contributed by atoms with Gasteiger partial charge in [0, 0.05) is 5.39 Å². The number of rotatable bonds is 4. The van der Waals surface area contributed by atoms with Gasteiger partial charge >= 0.3 is 11.8 Å². The molecule has 1 heterocycles. The minimum absolute atomic E-state index is 0.431. The lowest BCUT2D eigenvalue weighted by Crippen LogP contribution is -2.38. The molecule has 4 rings (SSSR count). The van der Waals surface area contributed by atoms with Gasteiger partial charge in [-0.1, -0.05) is 78.4 Å². The molecule has 0 spiro atoms. The van der Waals surface area contributed by atoms with Crippen molar-refractivity contribution in [3.05, 3.63) is 108 Å². The number of para-hydroxylation sites is 1. The zero-order valence-corrected chi connectivity index (χ0v) is 16.5. The fourth-order valence-electron chi connectivity index (χ4n) is 3.29. The smallest absolute Gasteiger partial charge is 0.313 e. The van der Waals surface area contributed by atoms with E-state index in [2.05, 4.69) is 15.6 Å². The van der Waals surface area contributed by atoms with E-state index >= 15 is 0 Å². The number of fused-ring (bicyclic) bond motifs is 1. The molecule has 4 aromatic rings. The number of anilines is 1. The molecule has 2 amide bonds. The Bertz CT molecular complexity index is 1190. The molecule has 1 unspecified atom stereocenters. The average Bonchev–Trinajstić information content (AvgIpc) is 2.78. The molecule has 0 aliphatic carbocycles.